The minimum Gasteiger partial charge on any atom is -0.349 e. The van der Waals surface area contributed by atoms with Gasteiger partial charge in [-0.1, -0.05) is 44.2 Å². The highest BCUT2D eigenvalue weighted by atomic mass is 19.3. The topological polar surface area (TPSA) is 63.1 Å². The first kappa shape index (κ1) is 18.8. The number of piperidine rings is 1. The Bertz CT molecular complexity index is 1340. The van der Waals surface area contributed by atoms with Gasteiger partial charge in [-0.2, -0.15) is 0 Å². The van der Waals surface area contributed by atoms with E-state index in [2.05, 4.69) is 33.9 Å². The van der Waals surface area contributed by atoms with Crippen LogP contribution in [0.2, 0.25) is 0 Å². The highest BCUT2D eigenvalue weighted by molar-refractivity contribution is 5.79. The summed E-state index contributed by atoms with van der Waals surface area (Å²) < 4.78 is 89.8. The van der Waals surface area contributed by atoms with Gasteiger partial charge in [0.2, 0.25) is 11.8 Å². The Labute approximate surface area is 229 Å². The van der Waals surface area contributed by atoms with Crippen LogP contribution in [0.15, 0.2) is 30.3 Å². The number of benzene rings is 1. The summed E-state index contributed by atoms with van der Waals surface area (Å²) in [6.45, 7) is 4.18. The van der Waals surface area contributed by atoms with E-state index in [1.165, 1.54) is 0 Å². The lowest BCUT2D eigenvalue weighted by atomic mass is 9.86. The molecule has 1 amide bonds. The summed E-state index contributed by atoms with van der Waals surface area (Å²) in [6, 6.07) is 7.65. The molecular weight excluding hydrogens is 472 g/mol. The zero-order valence-corrected chi connectivity index (χ0v) is 21.7. The standard InChI is InChI=1S/C29H41F2N5O/c1-19(2)27-34-33-20(3)36(27)25-17-23-9-10-24(18-25)35(23)16-13-26(21-7-5-4-6-8-21)32-28(37)22-11-14-29(30,31)15-12-22/h4-8,19,22-26H,9-18H2,1-3H3,(H,32,37)/i14D2,15D2,16D2,22D. The van der Waals surface area contributed by atoms with Gasteiger partial charge in [0.25, 0.3) is 0 Å². The van der Waals surface area contributed by atoms with Crippen LogP contribution in [0.25, 0.3) is 0 Å². The predicted octanol–water partition coefficient (Wildman–Crippen LogP) is 5.95. The second kappa shape index (κ2) is 10.8. The predicted molar refractivity (Wildman–Crippen MR) is 139 cm³/mol. The Morgan fingerprint density at radius 2 is 1.78 bits per heavy atom. The SMILES string of the molecule is [2H]C1(C(=O)NC(CC([2H])([2H])N2C3CCC2CC(n2c(C)nnc2C(C)C)C3)c2ccccc2)CC([2H])([2H])C(F)(F)C([2H])([2H])C1. The molecule has 3 unspecified atom stereocenters. The lowest BCUT2D eigenvalue weighted by Crippen LogP contribution is -2.45. The Kier molecular flexibility index (Phi) is 5.49. The molecule has 8 heteroatoms. The molecule has 202 valence electrons. The Hall–Kier alpha value is -2.35. The summed E-state index contributed by atoms with van der Waals surface area (Å²) in [5.74, 6) is -6.07. The second-order valence-corrected chi connectivity index (χ2v) is 10.7. The van der Waals surface area contributed by atoms with Crippen molar-refractivity contribution in [2.45, 2.75) is 114 Å². The van der Waals surface area contributed by atoms with Crippen molar-refractivity contribution in [3.63, 3.8) is 0 Å². The highest BCUT2D eigenvalue weighted by Gasteiger charge is 2.42. The fourth-order valence-electron chi connectivity index (χ4n) is 5.96. The maximum absolute atomic E-state index is 14.6. The lowest BCUT2D eigenvalue weighted by molar-refractivity contribution is -0.130. The molecule has 1 aromatic heterocycles. The molecule has 3 atom stereocenters. The summed E-state index contributed by atoms with van der Waals surface area (Å²) in [4.78, 5) is 15.5. The van der Waals surface area contributed by atoms with Crippen molar-refractivity contribution in [1.29, 1.82) is 0 Å². The molecule has 3 fully saturated rings. The average molecular weight is 521 g/mol. The number of aryl methyl sites for hydroxylation is 1. The van der Waals surface area contributed by atoms with Gasteiger partial charge in [-0.05, 0) is 57.4 Å². The first-order valence-corrected chi connectivity index (χ1v) is 13.2. The number of rotatable bonds is 8. The molecule has 0 spiro atoms. The Morgan fingerprint density at radius 1 is 1.14 bits per heavy atom. The van der Waals surface area contributed by atoms with E-state index in [1.54, 1.807) is 30.3 Å². The Balaban J connectivity index is 1.38. The van der Waals surface area contributed by atoms with Crippen LogP contribution in [0.1, 0.15) is 116 Å². The van der Waals surface area contributed by atoms with E-state index in [0.717, 1.165) is 24.5 Å². The van der Waals surface area contributed by atoms with Crippen LogP contribution in [0.4, 0.5) is 8.78 Å². The van der Waals surface area contributed by atoms with E-state index in [9.17, 15) is 16.3 Å². The molecule has 1 saturated carbocycles. The number of nitrogens with zero attached hydrogens (tertiary/aromatic N) is 4. The number of hydrogen-bond acceptors (Lipinski definition) is 4. The van der Waals surface area contributed by atoms with Crippen LogP contribution in [0, 0.1) is 12.8 Å². The van der Waals surface area contributed by atoms with Crippen LogP contribution in [-0.4, -0.2) is 50.1 Å². The summed E-state index contributed by atoms with van der Waals surface area (Å²) in [7, 11) is 0. The minimum atomic E-state index is -4.38. The van der Waals surface area contributed by atoms with Gasteiger partial charge in [0.05, 0.1) is 6.04 Å². The van der Waals surface area contributed by atoms with Crippen molar-refractivity contribution < 1.29 is 23.2 Å². The van der Waals surface area contributed by atoms with E-state index < -0.39 is 55.8 Å². The van der Waals surface area contributed by atoms with Crippen molar-refractivity contribution in [2.24, 2.45) is 5.89 Å². The maximum atomic E-state index is 14.6. The average Bonchev–Trinajstić information content (AvgIpc) is 3.44. The molecule has 1 aliphatic carbocycles. The minimum absolute atomic E-state index is 0.0646. The first-order chi connectivity index (χ1) is 20.3. The molecule has 3 heterocycles. The molecule has 2 aromatic rings. The molecule has 0 radical (unpaired) electrons. The number of carbonyl (C=O) groups excluding carboxylic acids is 1. The van der Waals surface area contributed by atoms with Crippen LogP contribution in [0.5, 0.6) is 0 Å². The summed E-state index contributed by atoms with van der Waals surface area (Å²) >= 11 is 0. The van der Waals surface area contributed by atoms with Crippen molar-refractivity contribution in [3.05, 3.63) is 47.5 Å². The van der Waals surface area contributed by atoms with Crippen LogP contribution >= 0.6 is 0 Å². The number of halogens is 2. The zero-order chi connectivity index (χ0) is 32.5. The number of aromatic nitrogens is 3. The largest absolute Gasteiger partial charge is 0.349 e. The van der Waals surface area contributed by atoms with E-state index in [0.29, 0.717) is 18.4 Å². The lowest BCUT2D eigenvalue weighted by Gasteiger charge is -2.40. The monoisotopic (exact) mass is 520 g/mol. The van der Waals surface area contributed by atoms with Gasteiger partial charge in [-0.15, -0.1) is 10.2 Å². The third-order valence-corrected chi connectivity index (χ3v) is 7.84. The molecule has 2 bridgehead atoms. The van der Waals surface area contributed by atoms with Gasteiger partial charge in [0.1, 0.15) is 11.6 Å². The second-order valence-electron chi connectivity index (χ2n) is 10.7. The van der Waals surface area contributed by atoms with Crippen molar-refractivity contribution in [3.8, 4) is 0 Å². The van der Waals surface area contributed by atoms with E-state index in [1.807, 2.05) is 11.8 Å². The van der Waals surface area contributed by atoms with E-state index >= 15 is 0 Å². The van der Waals surface area contributed by atoms with Gasteiger partial charge in [-0.3, -0.25) is 9.69 Å². The van der Waals surface area contributed by atoms with Gasteiger partial charge < -0.3 is 9.88 Å². The smallest absolute Gasteiger partial charge is 0.248 e. The van der Waals surface area contributed by atoms with Crippen molar-refractivity contribution >= 4 is 5.91 Å². The van der Waals surface area contributed by atoms with Crippen molar-refractivity contribution in [1.82, 2.24) is 25.0 Å². The van der Waals surface area contributed by atoms with Crippen molar-refractivity contribution in [2.75, 3.05) is 6.50 Å². The van der Waals surface area contributed by atoms with Gasteiger partial charge in [0.15, 0.2) is 0 Å². The number of carbonyl (C=O) groups is 1. The normalized spacial score (nSPS) is 33.7. The molecular formula is C29H41F2N5O. The summed E-state index contributed by atoms with van der Waals surface area (Å²) in [6.07, 6.45) is -6.37. The fraction of sp³-hybridized carbons (Fsp3) is 0.690. The number of hydrogen-bond donors (Lipinski definition) is 1. The van der Waals surface area contributed by atoms with Gasteiger partial charge in [-0.25, -0.2) is 8.78 Å². The summed E-state index contributed by atoms with van der Waals surface area (Å²) in [5.41, 5.74) is 0.546. The molecule has 3 aliphatic rings. The molecule has 37 heavy (non-hydrogen) atoms. The first-order valence-electron chi connectivity index (χ1n) is 16.7. The van der Waals surface area contributed by atoms with Crippen LogP contribution < -0.4 is 5.32 Å². The zero-order valence-electron chi connectivity index (χ0n) is 28.7. The number of nitrogens with one attached hydrogen (secondary N) is 1. The number of alkyl halides is 2. The molecule has 6 nitrogen and oxygen atoms in total. The quantitative estimate of drug-likeness (QED) is 0.467. The molecule has 2 aliphatic heterocycles. The third-order valence-electron chi connectivity index (χ3n) is 7.84. The number of amides is 1. The van der Waals surface area contributed by atoms with Gasteiger partial charge >= 0.3 is 0 Å². The molecule has 2 saturated heterocycles. The van der Waals surface area contributed by atoms with E-state index in [4.69, 9.17) is 6.85 Å². The molecule has 5 rings (SSSR count). The number of fused-ring (bicyclic) bond motifs is 2. The maximum Gasteiger partial charge on any atom is 0.248 e. The summed E-state index contributed by atoms with van der Waals surface area (Å²) in [5, 5.41) is 11.3. The Morgan fingerprint density at radius 3 is 2.41 bits per heavy atom. The van der Waals surface area contributed by atoms with Gasteiger partial charge in [0, 0.05) is 58.8 Å². The highest BCUT2D eigenvalue weighted by Crippen LogP contribution is 2.42. The third kappa shape index (κ3) is 5.74. The van der Waals surface area contributed by atoms with Crippen LogP contribution in [-0.2, 0) is 4.79 Å². The van der Waals surface area contributed by atoms with E-state index in [-0.39, 0.29) is 30.5 Å². The van der Waals surface area contributed by atoms with Crippen LogP contribution in [0.3, 0.4) is 0 Å². The fourth-order valence-corrected chi connectivity index (χ4v) is 5.96. The molecule has 1 aromatic carbocycles. The molecule has 1 N–H and O–H groups in total.